The van der Waals surface area contributed by atoms with Crippen LogP contribution in [0.2, 0.25) is 0 Å². The maximum Gasteiger partial charge on any atom is 0.331 e. The summed E-state index contributed by atoms with van der Waals surface area (Å²) in [5.41, 5.74) is 3.11. The number of carbonyl (C=O) groups is 1. The van der Waals surface area contributed by atoms with E-state index < -0.39 is 5.60 Å². The van der Waals surface area contributed by atoms with Crippen molar-refractivity contribution >= 4 is 12.0 Å². The summed E-state index contributed by atoms with van der Waals surface area (Å²) in [5, 5.41) is 0. The van der Waals surface area contributed by atoms with Crippen LogP contribution in [-0.2, 0) is 9.53 Å². The molecule has 1 heterocycles. The molecule has 2 fully saturated rings. The second kappa shape index (κ2) is 7.76. The summed E-state index contributed by atoms with van der Waals surface area (Å²) in [6.07, 6.45) is 8.95. The molecule has 0 amide bonds. The molecule has 1 aliphatic carbocycles. The maximum absolute atomic E-state index is 12.2. The van der Waals surface area contributed by atoms with Crippen molar-refractivity contribution in [2.45, 2.75) is 77.2 Å². The zero-order valence-electron chi connectivity index (χ0n) is 17.7. The van der Waals surface area contributed by atoms with Crippen LogP contribution in [0.4, 0.5) is 0 Å². The van der Waals surface area contributed by atoms with Crippen molar-refractivity contribution in [2.24, 2.45) is 0 Å². The van der Waals surface area contributed by atoms with Crippen LogP contribution in [0, 0.1) is 6.92 Å². The lowest BCUT2D eigenvalue weighted by Crippen LogP contribution is -2.37. The molecule has 148 valence electrons. The van der Waals surface area contributed by atoms with Crippen LogP contribution in [-0.4, -0.2) is 47.5 Å². The van der Waals surface area contributed by atoms with Gasteiger partial charge in [-0.15, -0.1) is 0 Å². The Morgan fingerprint density at radius 1 is 1.11 bits per heavy atom. The molecule has 1 aromatic rings. The molecule has 4 nitrogen and oxygen atoms in total. The van der Waals surface area contributed by atoms with E-state index in [1.807, 2.05) is 26.8 Å². The number of nitrogens with zero attached hydrogens (tertiary/aromatic N) is 2. The lowest BCUT2D eigenvalue weighted by molar-refractivity contribution is -0.148. The van der Waals surface area contributed by atoms with Gasteiger partial charge >= 0.3 is 5.97 Å². The van der Waals surface area contributed by atoms with Crippen LogP contribution in [0.15, 0.2) is 24.3 Å². The van der Waals surface area contributed by atoms with Crippen LogP contribution >= 0.6 is 0 Å². The molecule has 3 rings (SSSR count). The van der Waals surface area contributed by atoms with Crippen molar-refractivity contribution in [1.29, 1.82) is 0 Å². The Hall–Kier alpha value is -1.65. The molecule has 0 bridgehead atoms. The summed E-state index contributed by atoms with van der Waals surface area (Å²) in [6.45, 7) is 7.78. The third-order valence-corrected chi connectivity index (χ3v) is 5.94. The number of ether oxygens (including phenoxy) is 1. The van der Waals surface area contributed by atoms with E-state index in [-0.39, 0.29) is 12.1 Å². The number of likely N-dealkylation sites (N-methyl/N-ethyl adjacent to an activating group) is 2. The fourth-order valence-electron chi connectivity index (χ4n) is 4.77. The Balaban J connectivity index is 1.91. The summed E-state index contributed by atoms with van der Waals surface area (Å²) in [4.78, 5) is 17.2. The molecular formula is C23H34N2O2. The van der Waals surface area contributed by atoms with Gasteiger partial charge in [-0.25, -0.2) is 4.79 Å². The van der Waals surface area contributed by atoms with E-state index in [9.17, 15) is 4.79 Å². The van der Waals surface area contributed by atoms with Gasteiger partial charge in [0, 0.05) is 18.2 Å². The Bertz CT molecular complexity index is 702. The maximum atomic E-state index is 12.2. The first-order chi connectivity index (χ1) is 12.7. The van der Waals surface area contributed by atoms with Gasteiger partial charge in [-0.3, -0.25) is 9.80 Å². The molecule has 27 heavy (non-hydrogen) atoms. The smallest absolute Gasteiger partial charge is 0.331 e. The number of carbonyl (C=O) groups excluding carboxylic acids is 1. The SMILES string of the molecule is Cc1cccc(C2N(C)[C@@H]3CCCC[C@H]3N2C)c1/C=C/C(=O)OC(C)(C)C. The van der Waals surface area contributed by atoms with E-state index in [0.717, 1.165) is 5.56 Å². The molecule has 0 spiro atoms. The molecule has 1 aliphatic heterocycles. The molecule has 1 aromatic carbocycles. The van der Waals surface area contributed by atoms with Gasteiger partial charge in [0.05, 0.1) is 6.17 Å². The van der Waals surface area contributed by atoms with Crippen molar-refractivity contribution in [3.63, 3.8) is 0 Å². The van der Waals surface area contributed by atoms with Crippen LogP contribution in [0.5, 0.6) is 0 Å². The lowest BCUT2D eigenvalue weighted by atomic mass is 9.91. The van der Waals surface area contributed by atoms with Crippen LogP contribution in [0.3, 0.4) is 0 Å². The topological polar surface area (TPSA) is 32.8 Å². The summed E-state index contributed by atoms with van der Waals surface area (Å²) < 4.78 is 5.44. The summed E-state index contributed by atoms with van der Waals surface area (Å²) in [6, 6.07) is 7.68. The minimum Gasteiger partial charge on any atom is -0.457 e. The van der Waals surface area contributed by atoms with Gasteiger partial charge in [-0.1, -0.05) is 31.0 Å². The molecule has 2 aliphatic rings. The molecule has 0 aromatic heterocycles. The molecule has 4 heteroatoms. The molecule has 0 unspecified atom stereocenters. The van der Waals surface area contributed by atoms with E-state index in [1.54, 1.807) is 6.08 Å². The van der Waals surface area contributed by atoms with E-state index in [1.165, 1.54) is 36.8 Å². The first-order valence-electron chi connectivity index (χ1n) is 10.1. The monoisotopic (exact) mass is 370 g/mol. The average Bonchev–Trinajstić information content (AvgIpc) is 2.84. The van der Waals surface area contributed by atoms with Crippen LogP contribution < -0.4 is 0 Å². The van der Waals surface area contributed by atoms with Crippen molar-refractivity contribution in [3.8, 4) is 0 Å². The van der Waals surface area contributed by atoms with E-state index in [4.69, 9.17) is 4.74 Å². The van der Waals surface area contributed by atoms with Gasteiger partial charge in [-0.2, -0.15) is 0 Å². The van der Waals surface area contributed by atoms with E-state index >= 15 is 0 Å². The number of aryl methyl sites for hydroxylation is 1. The average molecular weight is 371 g/mol. The number of benzene rings is 1. The zero-order valence-corrected chi connectivity index (χ0v) is 17.7. The lowest BCUT2D eigenvalue weighted by Gasteiger charge is -2.29. The highest BCUT2D eigenvalue weighted by Gasteiger charge is 2.45. The summed E-state index contributed by atoms with van der Waals surface area (Å²) in [5.74, 6) is -0.293. The molecule has 1 saturated carbocycles. The Morgan fingerprint density at radius 3 is 2.26 bits per heavy atom. The second-order valence-electron chi connectivity index (χ2n) is 9.07. The molecule has 1 saturated heterocycles. The highest BCUT2D eigenvalue weighted by atomic mass is 16.6. The molecule has 2 atom stereocenters. The van der Waals surface area contributed by atoms with Crippen molar-refractivity contribution in [1.82, 2.24) is 9.80 Å². The highest BCUT2D eigenvalue weighted by molar-refractivity contribution is 5.88. The third kappa shape index (κ3) is 4.27. The fraction of sp³-hybridized carbons (Fsp3) is 0.609. The number of rotatable bonds is 3. The van der Waals surface area contributed by atoms with E-state index in [2.05, 4.69) is 49.0 Å². The Morgan fingerprint density at radius 2 is 1.70 bits per heavy atom. The Kier molecular flexibility index (Phi) is 5.78. The zero-order chi connectivity index (χ0) is 19.8. The van der Waals surface area contributed by atoms with Gasteiger partial charge in [-0.05, 0) is 77.4 Å². The van der Waals surface area contributed by atoms with Crippen molar-refractivity contribution in [3.05, 3.63) is 41.0 Å². The van der Waals surface area contributed by atoms with E-state index in [0.29, 0.717) is 12.1 Å². The second-order valence-corrected chi connectivity index (χ2v) is 9.07. The summed E-state index contributed by atoms with van der Waals surface area (Å²) in [7, 11) is 4.50. The van der Waals surface area contributed by atoms with Gasteiger partial charge in [0.25, 0.3) is 0 Å². The van der Waals surface area contributed by atoms with Gasteiger partial charge in [0.2, 0.25) is 0 Å². The van der Waals surface area contributed by atoms with Gasteiger partial charge < -0.3 is 4.74 Å². The van der Waals surface area contributed by atoms with Gasteiger partial charge in [0.1, 0.15) is 5.60 Å². The first kappa shape index (κ1) is 20.1. The number of hydrogen-bond donors (Lipinski definition) is 0. The number of hydrogen-bond acceptors (Lipinski definition) is 4. The van der Waals surface area contributed by atoms with Crippen molar-refractivity contribution < 1.29 is 9.53 Å². The standard InChI is InChI=1S/C23H34N2O2/c1-16-10-9-11-18(17(16)14-15-21(26)27-23(2,3)4)22-24(5)19-12-7-8-13-20(19)25(22)6/h9-11,14-15,19-20,22H,7-8,12-13H2,1-6H3/b15-14+/t19-,20-/m1/s1. The minimum atomic E-state index is -0.475. The largest absolute Gasteiger partial charge is 0.457 e. The Labute approximate surface area is 164 Å². The highest BCUT2D eigenvalue weighted by Crippen LogP contribution is 2.42. The van der Waals surface area contributed by atoms with Gasteiger partial charge in [0.15, 0.2) is 0 Å². The predicted octanol–water partition coefficient (Wildman–Crippen LogP) is 4.54. The molecular weight excluding hydrogens is 336 g/mol. The summed E-state index contributed by atoms with van der Waals surface area (Å²) >= 11 is 0. The minimum absolute atomic E-state index is 0.247. The molecule has 0 radical (unpaired) electrons. The van der Waals surface area contributed by atoms with Crippen molar-refractivity contribution in [2.75, 3.05) is 14.1 Å². The number of fused-ring (bicyclic) bond motifs is 1. The fourth-order valence-corrected chi connectivity index (χ4v) is 4.77. The quantitative estimate of drug-likeness (QED) is 0.578. The van der Waals surface area contributed by atoms with Crippen LogP contribution in [0.1, 0.15) is 69.3 Å². The van der Waals surface area contributed by atoms with Crippen LogP contribution in [0.25, 0.3) is 6.08 Å². The normalized spacial score (nSPS) is 25.1. The third-order valence-electron chi connectivity index (χ3n) is 5.94. The first-order valence-corrected chi connectivity index (χ1v) is 10.1. The predicted molar refractivity (Wildman–Crippen MR) is 110 cm³/mol. The number of esters is 1. The molecule has 0 N–H and O–H groups in total.